The van der Waals surface area contributed by atoms with Gasteiger partial charge in [0.05, 0.1) is 10.9 Å². The third-order valence-electron chi connectivity index (χ3n) is 4.37. The van der Waals surface area contributed by atoms with Gasteiger partial charge in [0.15, 0.2) is 5.82 Å². The van der Waals surface area contributed by atoms with Crippen molar-refractivity contribution in [3.8, 4) is 0 Å². The van der Waals surface area contributed by atoms with Crippen LogP contribution >= 0.6 is 11.6 Å². The Morgan fingerprint density at radius 3 is 2.73 bits per heavy atom. The first-order valence-corrected chi connectivity index (χ1v) is 10.1. The molecule has 1 amide bonds. The van der Waals surface area contributed by atoms with Gasteiger partial charge in [-0.15, -0.1) is 10.2 Å². The molecule has 3 rings (SSSR count). The molecule has 0 saturated carbocycles. The van der Waals surface area contributed by atoms with Crippen molar-refractivity contribution in [2.45, 2.75) is 30.2 Å². The Balaban J connectivity index is 1.58. The summed E-state index contributed by atoms with van der Waals surface area (Å²) in [5.74, 6) is 0.645. The molecule has 8 nitrogen and oxygen atoms in total. The highest BCUT2D eigenvalue weighted by Gasteiger charge is 2.32. The number of likely N-dealkylation sites (tertiary alicyclic amines) is 1. The van der Waals surface area contributed by atoms with E-state index >= 15 is 0 Å². The van der Waals surface area contributed by atoms with Crippen LogP contribution in [0.5, 0.6) is 0 Å². The summed E-state index contributed by atoms with van der Waals surface area (Å²) in [4.78, 5) is 14.4. The van der Waals surface area contributed by atoms with E-state index in [1.165, 1.54) is 24.3 Å². The molecule has 1 N–H and O–H groups in total. The number of hydrogen-bond acceptors (Lipinski definition) is 5. The lowest BCUT2D eigenvalue weighted by Gasteiger charge is -2.24. The van der Waals surface area contributed by atoms with E-state index in [-0.39, 0.29) is 29.8 Å². The molecule has 1 aromatic carbocycles. The van der Waals surface area contributed by atoms with Crippen LogP contribution in [-0.4, -0.2) is 47.1 Å². The van der Waals surface area contributed by atoms with Crippen LogP contribution in [0.1, 0.15) is 31.1 Å². The Bertz CT molecular complexity index is 882. The zero-order valence-electron chi connectivity index (χ0n) is 14.3. The summed E-state index contributed by atoms with van der Waals surface area (Å²) >= 11 is 5.77. The predicted molar refractivity (Wildman–Crippen MR) is 95.9 cm³/mol. The monoisotopic (exact) mass is 397 g/mol. The van der Waals surface area contributed by atoms with Crippen molar-refractivity contribution in [3.63, 3.8) is 0 Å². The number of aromatic nitrogens is 3. The van der Waals surface area contributed by atoms with Crippen molar-refractivity contribution in [2.75, 3.05) is 13.1 Å². The van der Waals surface area contributed by atoms with Crippen molar-refractivity contribution in [1.29, 1.82) is 0 Å². The number of nitrogens with one attached hydrogen (secondary N) is 1. The number of carbonyl (C=O) groups is 1. The van der Waals surface area contributed by atoms with E-state index in [4.69, 9.17) is 11.6 Å². The zero-order valence-corrected chi connectivity index (χ0v) is 15.9. The molecule has 140 valence electrons. The van der Waals surface area contributed by atoms with E-state index in [1.807, 2.05) is 7.05 Å². The molecule has 0 radical (unpaired) electrons. The lowest BCUT2D eigenvalue weighted by atomic mass is 10.2. The average molecular weight is 398 g/mol. The van der Waals surface area contributed by atoms with E-state index in [0.717, 1.165) is 18.7 Å². The molecule has 1 fully saturated rings. The second kappa shape index (κ2) is 7.73. The molecule has 26 heavy (non-hydrogen) atoms. The fraction of sp³-hybridized carbons (Fsp3) is 0.438. The van der Waals surface area contributed by atoms with E-state index in [2.05, 4.69) is 14.9 Å². The van der Waals surface area contributed by atoms with Gasteiger partial charge in [-0.2, -0.15) is 0 Å². The molecule has 1 atom stereocenters. The Hall–Kier alpha value is -1.97. The summed E-state index contributed by atoms with van der Waals surface area (Å²) < 4.78 is 28.7. The molecule has 0 spiro atoms. The molecule has 0 bridgehead atoms. The molecule has 1 aromatic heterocycles. The Morgan fingerprint density at radius 2 is 2.08 bits per heavy atom. The quantitative estimate of drug-likeness (QED) is 0.796. The summed E-state index contributed by atoms with van der Waals surface area (Å²) in [6.07, 6.45) is 3.41. The fourth-order valence-corrected chi connectivity index (χ4v) is 4.22. The maximum Gasteiger partial charge on any atom is 0.240 e. The van der Waals surface area contributed by atoms with Crippen LogP contribution < -0.4 is 4.72 Å². The summed E-state index contributed by atoms with van der Waals surface area (Å²) in [5, 5.41) is 8.42. The Labute approximate surface area is 157 Å². The van der Waals surface area contributed by atoms with E-state index in [0.29, 0.717) is 11.6 Å². The second-order valence-electron chi connectivity index (χ2n) is 6.15. The first-order valence-electron chi connectivity index (χ1n) is 8.27. The lowest BCUT2D eigenvalue weighted by molar-refractivity contribution is -0.132. The largest absolute Gasteiger partial charge is 0.332 e. The van der Waals surface area contributed by atoms with Crippen LogP contribution in [0.15, 0.2) is 35.5 Å². The number of carbonyl (C=O) groups excluding carboxylic acids is 1. The number of benzene rings is 1. The van der Waals surface area contributed by atoms with Crippen molar-refractivity contribution in [3.05, 3.63) is 41.4 Å². The number of nitrogens with zero attached hydrogens (tertiary/aromatic N) is 4. The molecule has 2 aromatic rings. The Kier molecular flexibility index (Phi) is 5.59. The van der Waals surface area contributed by atoms with Crippen LogP contribution in [0.2, 0.25) is 5.02 Å². The number of sulfonamides is 1. The van der Waals surface area contributed by atoms with Gasteiger partial charge >= 0.3 is 0 Å². The smallest absolute Gasteiger partial charge is 0.240 e. The van der Waals surface area contributed by atoms with Crippen molar-refractivity contribution in [1.82, 2.24) is 24.4 Å². The minimum atomic E-state index is -3.67. The lowest BCUT2D eigenvalue weighted by Crippen LogP contribution is -2.35. The van der Waals surface area contributed by atoms with Crippen molar-refractivity contribution >= 4 is 27.5 Å². The predicted octanol–water partition coefficient (Wildman–Crippen LogP) is 1.50. The minimum Gasteiger partial charge on any atom is -0.332 e. The number of rotatable bonds is 6. The first-order chi connectivity index (χ1) is 12.4. The molecular formula is C16H20ClN5O3S. The van der Waals surface area contributed by atoms with Crippen LogP contribution in [0.4, 0.5) is 0 Å². The summed E-state index contributed by atoms with van der Waals surface area (Å²) in [7, 11) is -1.82. The third-order valence-corrected chi connectivity index (χ3v) is 6.10. The maximum absolute atomic E-state index is 12.5. The topological polar surface area (TPSA) is 97.2 Å². The van der Waals surface area contributed by atoms with Gasteiger partial charge in [0, 0.05) is 31.6 Å². The number of hydrogen-bond donors (Lipinski definition) is 1. The fourth-order valence-electron chi connectivity index (χ4n) is 3.06. The Morgan fingerprint density at radius 1 is 1.35 bits per heavy atom. The van der Waals surface area contributed by atoms with Crippen LogP contribution in [0.25, 0.3) is 0 Å². The molecule has 1 aliphatic heterocycles. The summed E-state index contributed by atoms with van der Waals surface area (Å²) in [6, 6.07) is 5.77. The highest BCUT2D eigenvalue weighted by molar-refractivity contribution is 7.89. The zero-order chi connectivity index (χ0) is 18.7. The molecule has 1 aliphatic rings. The average Bonchev–Trinajstić information content (AvgIpc) is 3.23. The van der Waals surface area contributed by atoms with E-state index < -0.39 is 10.0 Å². The maximum atomic E-state index is 12.5. The van der Waals surface area contributed by atoms with Gasteiger partial charge in [-0.25, -0.2) is 13.1 Å². The molecule has 10 heteroatoms. The number of amides is 1. The minimum absolute atomic E-state index is 0.0336. The normalized spacial score (nSPS) is 17.6. The van der Waals surface area contributed by atoms with Gasteiger partial charge in [0.2, 0.25) is 15.9 Å². The highest BCUT2D eigenvalue weighted by atomic mass is 35.5. The third kappa shape index (κ3) is 4.05. The SMILES string of the molecule is Cn1cnnc1C1CCCN1C(=O)CCNS(=O)(=O)c1ccc(Cl)cc1. The molecular weight excluding hydrogens is 378 g/mol. The van der Waals surface area contributed by atoms with Gasteiger partial charge in [-0.05, 0) is 37.1 Å². The van der Waals surface area contributed by atoms with Crippen molar-refractivity contribution < 1.29 is 13.2 Å². The number of aryl methyl sites for hydroxylation is 1. The first kappa shape index (κ1) is 18.8. The number of halogens is 1. The highest BCUT2D eigenvalue weighted by Crippen LogP contribution is 2.30. The van der Waals surface area contributed by atoms with Crippen LogP contribution in [0, 0.1) is 0 Å². The van der Waals surface area contributed by atoms with Crippen LogP contribution in [-0.2, 0) is 21.9 Å². The standard InChI is InChI=1S/C16H20ClN5O3S/c1-21-11-18-20-16(21)14-3-2-10-22(14)15(23)8-9-19-26(24,25)13-6-4-12(17)5-7-13/h4-7,11,14,19H,2-3,8-10H2,1H3. The molecule has 0 aliphatic carbocycles. The van der Waals surface area contributed by atoms with E-state index in [1.54, 1.807) is 15.8 Å². The van der Waals surface area contributed by atoms with Crippen LogP contribution in [0.3, 0.4) is 0 Å². The van der Waals surface area contributed by atoms with Gasteiger partial charge in [-0.3, -0.25) is 4.79 Å². The molecule has 2 heterocycles. The van der Waals surface area contributed by atoms with Gasteiger partial charge in [0.25, 0.3) is 0 Å². The van der Waals surface area contributed by atoms with Crippen molar-refractivity contribution in [2.24, 2.45) is 7.05 Å². The second-order valence-corrected chi connectivity index (χ2v) is 8.35. The van der Waals surface area contributed by atoms with Gasteiger partial charge in [0.1, 0.15) is 6.33 Å². The molecule has 1 saturated heterocycles. The van der Waals surface area contributed by atoms with Gasteiger partial charge < -0.3 is 9.47 Å². The summed E-state index contributed by atoms with van der Waals surface area (Å²) in [6.45, 7) is 0.673. The van der Waals surface area contributed by atoms with E-state index in [9.17, 15) is 13.2 Å². The molecule has 1 unspecified atom stereocenters. The summed E-state index contributed by atoms with van der Waals surface area (Å²) in [5.41, 5.74) is 0. The van der Waals surface area contributed by atoms with Gasteiger partial charge in [-0.1, -0.05) is 11.6 Å².